The van der Waals surface area contributed by atoms with Gasteiger partial charge in [0.15, 0.2) is 0 Å². The zero-order chi connectivity index (χ0) is 14.4. The normalized spacial score (nSPS) is 18.9. The maximum Gasteiger partial charge on any atom is 0.232 e. The van der Waals surface area contributed by atoms with Crippen LogP contribution in [0.4, 0.5) is 5.95 Å². The molecule has 1 aromatic rings. The van der Waals surface area contributed by atoms with E-state index in [1.165, 1.54) is 19.3 Å². The van der Waals surface area contributed by atoms with E-state index in [1.54, 1.807) is 13.3 Å². The number of aromatic nitrogens is 2. The number of hydrogen-bond donors (Lipinski definition) is 1. The molecule has 5 nitrogen and oxygen atoms in total. The van der Waals surface area contributed by atoms with Crippen LogP contribution >= 0.6 is 15.9 Å². The molecule has 2 heterocycles. The number of nitrogens with zero attached hydrogens (tertiary/aromatic N) is 3. The largest absolute Gasteiger partial charge is 0.480 e. The molecule has 1 fully saturated rings. The molecule has 0 bridgehead atoms. The molecule has 0 aliphatic carbocycles. The molecule has 1 N–H and O–H groups in total. The van der Waals surface area contributed by atoms with Gasteiger partial charge in [-0.1, -0.05) is 13.3 Å². The molecule has 0 spiro atoms. The lowest BCUT2D eigenvalue weighted by Gasteiger charge is -2.30. The van der Waals surface area contributed by atoms with Gasteiger partial charge in [0.2, 0.25) is 11.8 Å². The average Bonchev–Trinajstić information content (AvgIpc) is 2.48. The van der Waals surface area contributed by atoms with E-state index in [1.807, 2.05) is 0 Å². The Labute approximate surface area is 129 Å². The summed E-state index contributed by atoms with van der Waals surface area (Å²) in [6, 6.07) is 0.536. The highest BCUT2D eigenvalue weighted by Crippen LogP contribution is 2.24. The summed E-state index contributed by atoms with van der Waals surface area (Å²) in [6.45, 7) is 5.22. The standard InChI is InChI=1S/C14H23BrN4O/c1-3-8-19(10-11-6-4-5-7-16-11)14-17-9-12(15)13(18-14)20-2/h9,11,16H,3-8,10H2,1-2H3. The first kappa shape index (κ1) is 15.5. The molecular weight excluding hydrogens is 320 g/mol. The second-order valence-corrected chi connectivity index (χ2v) is 5.97. The summed E-state index contributed by atoms with van der Waals surface area (Å²) in [6.07, 6.45) is 6.66. The molecule has 6 heteroatoms. The second-order valence-electron chi connectivity index (χ2n) is 5.12. The summed E-state index contributed by atoms with van der Waals surface area (Å²) < 4.78 is 6.05. The molecule has 1 unspecified atom stereocenters. The van der Waals surface area contributed by atoms with Gasteiger partial charge in [-0.2, -0.15) is 4.98 Å². The van der Waals surface area contributed by atoms with Crippen molar-refractivity contribution in [3.05, 3.63) is 10.7 Å². The summed E-state index contributed by atoms with van der Waals surface area (Å²) in [5.74, 6) is 1.34. The summed E-state index contributed by atoms with van der Waals surface area (Å²) >= 11 is 3.40. The molecule has 0 amide bonds. The lowest BCUT2D eigenvalue weighted by atomic mass is 10.0. The van der Waals surface area contributed by atoms with Crippen molar-refractivity contribution in [1.82, 2.24) is 15.3 Å². The van der Waals surface area contributed by atoms with Crippen molar-refractivity contribution < 1.29 is 4.74 Å². The molecule has 0 saturated carbocycles. The van der Waals surface area contributed by atoms with E-state index >= 15 is 0 Å². The Hall–Kier alpha value is -0.880. The van der Waals surface area contributed by atoms with Gasteiger partial charge in [-0.3, -0.25) is 0 Å². The minimum Gasteiger partial charge on any atom is -0.480 e. The van der Waals surface area contributed by atoms with Crippen LogP contribution in [-0.4, -0.2) is 42.8 Å². The second kappa shape index (κ2) is 7.78. The van der Waals surface area contributed by atoms with Gasteiger partial charge in [0.25, 0.3) is 0 Å². The zero-order valence-electron chi connectivity index (χ0n) is 12.2. The number of ether oxygens (including phenoxy) is 1. The number of hydrogen-bond acceptors (Lipinski definition) is 5. The summed E-state index contributed by atoms with van der Waals surface area (Å²) in [5, 5.41) is 3.58. The van der Waals surface area contributed by atoms with Gasteiger partial charge >= 0.3 is 0 Å². The van der Waals surface area contributed by atoms with Crippen LogP contribution in [0.25, 0.3) is 0 Å². The van der Waals surface area contributed by atoms with E-state index in [-0.39, 0.29) is 0 Å². The molecule has 2 rings (SSSR count). The maximum atomic E-state index is 5.26. The van der Waals surface area contributed by atoms with Crippen LogP contribution in [-0.2, 0) is 0 Å². The first-order chi connectivity index (χ1) is 9.74. The summed E-state index contributed by atoms with van der Waals surface area (Å²) in [5.41, 5.74) is 0. The molecule has 1 aliphatic rings. The Kier molecular flexibility index (Phi) is 6.04. The van der Waals surface area contributed by atoms with E-state index in [0.29, 0.717) is 11.9 Å². The fourth-order valence-corrected chi connectivity index (χ4v) is 2.88. The minimum atomic E-state index is 0.536. The van der Waals surface area contributed by atoms with Crippen LogP contribution in [0.5, 0.6) is 5.88 Å². The number of rotatable bonds is 6. The predicted molar refractivity (Wildman–Crippen MR) is 84.4 cm³/mol. The third-order valence-electron chi connectivity index (χ3n) is 3.52. The fourth-order valence-electron chi connectivity index (χ4n) is 2.53. The van der Waals surface area contributed by atoms with Gasteiger partial charge in [-0.05, 0) is 41.7 Å². The SMILES string of the molecule is CCCN(CC1CCCCN1)c1ncc(Br)c(OC)n1. The molecule has 0 radical (unpaired) electrons. The van der Waals surface area contributed by atoms with Crippen LogP contribution in [0.15, 0.2) is 10.7 Å². The van der Waals surface area contributed by atoms with Crippen molar-refractivity contribution in [1.29, 1.82) is 0 Å². The zero-order valence-corrected chi connectivity index (χ0v) is 13.8. The molecular formula is C14H23BrN4O. The van der Waals surface area contributed by atoms with Crippen molar-refractivity contribution in [2.45, 2.75) is 38.6 Å². The van der Waals surface area contributed by atoms with Gasteiger partial charge in [0, 0.05) is 19.1 Å². The molecule has 112 valence electrons. The Morgan fingerprint density at radius 2 is 2.35 bits per heavy atom. The smallest absolute Gasteiger partial charge is 0.232 e. The summed E-state index contributed by atoms with van der Waals surface area (Å²) in [4.78, 5) is 11.2. The number of anilines is 1. The average molecular weight is 343 g/mol. The van der Waals surface area contributed by atoms with E-state index in [0.717, 1.165) is 36.5 Å². The number of methoxy groups -OCH3 is 1. The Morgan fingerprint density at radius 1 is 1.50 bits per heavy atom. The van der Waals surface area contributed by atoms with E-state index < -0.39 is 0 Å². The fraction of sp³-hybridized carbons (Fsp3) is 0.714. The van der Waals surface area contributed by atoms with Crippen molar-refractivity contribution >= 4 is 21.9 Å². The molecule has 1 aromatic heterocycles. The summed E-state index contributed by atoms with van der Waals surface area (Å²) in [7, 11) is 1.63. The molecule has 0 aromatic carbocycles. The highest BCUT2D eigenvalue weighted by molar-refractivity contribution is 9.10. The topological polar surface area (TPSA) is 50.3 Å². The highest BCUT2D eigenvalue weighted by atomic mass is 79.9. The Morgan fingerprint density at radius 3 is 3.00 bits per heavy atom. The monoisotopic (exact) mass is 342 g/mol. The van der Waals surface area contributed by atoms with Gasteiger partial charge in [0.1, 0.15) is 0 Å². The number of piperidine rings is 1. The Bertz CT molecular complexity index is 424. The highest BCUT2D eigenvalue weighted by Gasteiger charge is 2.19. The Balaban J connectivity index is 2.10. The van der Waals surface area contributed by atoms with Gasteiger partial charge < -0.3 is 15.0 Å². The van der Waals surface area contributed by atoms with Gasteiger partial charge in [-0.25, -0.2) is 4.98 Å². The lowest BCUT2D eigenvalue weighted by Crippen LogP contribution is -2.44. The van der Waals surface area contributed by atoms with Crippen molar-refractivity contribution in [3.63, 3.8) is 0 Å². The molecule has 1 aliphatic heterocycles. The predicted octanol–water partition coefficient (Wildman–Crippen LogP) is 2.61. The van der Waals surface area contributed by atoms with Gasteiger partial charge in [-0.15, -0.1) is 0 Å². The van der Waals surface area contributed by atoms with Crippen LogP contribution in [0.2, 0.25) is 0 Å². The number of nitrogens with one attached hydrogen (secondary N) is 1. The molecule has 1 atom stereocenters. The van der Waals surface area contributed by atoms with E-state index in [4.69, 9.17) is 4.74 Å². The van der Waals surface area contributed by atoms with Crippen LogP contribution in [0, 0.1) is 0 Å². The first-order valence-electron chi connectivity index (χ1n) is 7.29. The third-order valence-corrected chi connectivity index (χ3v) is 4.07. The van der Waals surface area contributed by atoms with Crippen molar-refractivity contribution in [2.75, 3.05) is 31.6 Å². The van der Waals surface area contributed by atoms with Crippen LogP contribution in [0.3, 0.4) is 0 Å². The van der Waals surface area contributed by atoms with E-state index in [2.05, 4.69) is 43.0 Å². The molecule has 20 heavy (non-hydrogen) atoms. The van der Waals surface area contributed by atoms with Crippen LogP contribution < -0.4 is 15.0 Å². The maximum absolute atomic E-state index is 5.26. The molecule has 1 saturated heterocycles. The van der Waals surface area contributed by atoms with E-state index in [9.17, 15) is 0 Å². The van der Waals surface area contributed by atoms with Crippen molar-refractivity contribution in [3.8, 4) is 5.88 Å². The van der Waals surface area contributed by atoms with Crippen LogP contribution in [0.1, 0.15) is 32.6 Å². The van der Waals surface area contributed by atoms with Gasteiger partial charge in [0.05, 0.1) is 17.8 Å². The third kappa shape index (κ3) is 4.06. The lowest BCUT2D eigenvalue weighted by molar-refractivity contribution is 0.387. The first-order valence-corrected chi connectivity index (χ1v) is 8.08. The minimum absolute atomic E-state index is 0.536. The van der Waals surface area contributed by atoms with Crippen molar-refractivity contribution in [2.24, 2.45) is 0 Å². The number of halogens is 1. The quantitative estimate of drug-likeness (QED) is 0.861.